The zero-order chi connectivity index (χ0) is 13.8. The monoisotopic (exact) mass is 400 g/mol. The summed E-state index contributed by atoms with van der Waals surface area (Å²) in [6, 6.07) is 12.5. The fraction of sp³-hybridized carbons (Fsp3) is 0. The van der Waals surface area contributed by atoms with Crippen LogP contribution in [0, 0.1) is 0 Å². The third kappa shape index (κ3) is 3.99. The molecule has 0 aliphatic heterocycles. The van der Waals surface area contributed by atoms with Crippen LogP contribution in [0.15, 0.2) is 56.3 Å². The van der Waals surface area contributed by atoms with Crippen molar-refractivity contribution < 1.29 is 4.79 Å². The second-order valence-corrected chi connectivity index (χ2v) is 5.97. The molecule has 6 heteroatoms. The van der Waals surface area contributed by atoms with Crippen molar-refractivity contribution in [3.8, 4) is 0 Å². The van der Waals surface area contributed by atoms with Gasteiger partial charge in [-0.2, -0.15) is 0 Å². The van der Waals surface area contributed by atoms with Crippen molar-refractivity contribution in [1.29, 1.82) is 0 Å². The summed E-state index contributed by atoms with van der Waals surface area (Å²) in [5.74, 6) is 0. The van der Waals surface area contributed by atoms with Crippen LogP contribution in [0.5, 0.6) is 0 Å². The van der Waals surface area contributed by atoms with Gasteiger partial charge in [0.05, 0.1) is 11.4 Å². The molecule has 0 unspecified atom stereocenters. The molecule has 0 radical (unpaired) electrons. The van der Waals surface area contributed by atoms with Crippen LogP contribution >= 0.6 is 44.5 Å². The van der Waals surface area contributed by atoms with Crippen molar-refractivity contribution in [2.45, 2.75) is 4.90 Å². The number of halogens is 2. The SMILES string of the molecule is O=C(Nc1ccc(Br)cc1S)Nc1ccccc1Br. The summed E-state index contributed by atoms with van der Waals surface area (Å²) in [7, 11) is 0. The number of urea groups is 1. The molecule has 2 N–H and O–H groups in total. The molecule has 0 saturated carbocycles. The predicted octanol–water partition coefficient (Wildman–Crippen LogP) is 5.14. The molecule has 19 heavy (non-hydrogen) atoms. The molecule has 3 nitrogen and oxygen atoms in total. The molecule has 0 fully saturated rings. The number of nitrogens with one attached hydrogen (secondary N) is 2. The number of amides is 2. The molecule has 0 aromatic heterocycles. The largest absolute Gasteiger partial charge is 0.323 e. The fourth-order valence-corrected chi connectivity index (χ4v) is 2.64. The summed E-state index contributed by atoms with van der Waals surface area (Å²) in [6.45, 7) is 0. The highest BCUT2D eigenvalue weighted by molar-refractivity contribution is 9.10. The van der Waals surface area contributed by atoms with Gasteiger partial charge in [0.25, 0.3) is 0 Å². The van der Waals surface area contributed by atoms with E-state index in [0.29, 0.717) is 16.3 Å². The van der Waals surface area contributed by atoms with Crippen molar-refractivity contribution in [2.24, 2.45) is 0 Å². The van der Waals surface area contributed by atoms with E-state index in [2.05, 4.69) is 55.1 Å². The van der Waals surface area contributed by atoms with Crippen LogP contribution in [0.25, 0.3) is 0 Å². The maximum Gasteiger partial charge on any atom is 0.323 e. The molecule has 0 bridgehead atoms. The summed E-state index contributed by atoms with van der Waals surface area (Å²) in [5.41, 5.74) is 1.36. The van der Waals surface area contributed by atoms with Gasteiger partial charge in [0.1, 0.15) is 0 Å². The number of carbonyl (C=O) groups excluding carboxylic acids is 1. The first-order chi connectivity index (χ1) is 9.06. The Bertz CT molecular complexity index is 619. The maximum absolute atomic E-state index is 11.9. The van der Waals surface area contributed by atoms with Crippen molar-refractivity contribution in [3.05, 3.63) is 51.4 Å². The Morgan fingerprint density at radius 3 is 2.37 bits per heavy atom. The summed E-state index contributed by atoms with van der Waals surface area (Å²) in [5, 5.41) is 5.50. The van der Waals surface area contributed by atoms with Crippen LogP contribution < -0.4 is 10.6 Å². The van der Waals surface area contributed by atoms with Gasteiger partial charge in [0, 0.05) is 13.8 Å². The first kappa shape index (κ1) is 14.4. The van der Waals surface area contributed by atoms with Gasteiger partial charge in [-0.3, -0.25) is 0 Å². The van der Waals surface area contributed by atoms with Crippen molar-refractivity contribution >= 4 is 61.9 Å². The standard InChI is InChI=1S/C13H10Br2N2OS/c14-8-5-6-11(12(19)7-8)17-13(18)16-10-4-2-1-3-9(10)15/h1-7,19H,(H2,16,17,18). The molecular formula is C13H10Br2N2OS. The van der Waals surface area contributed by atoms with Crippen LogP contribution in [0.4, 0.5) is 16.2 Å². The smallest absolute Gasteiger partial charge is 0.307 e. The van der Waals surface area contributed by atoms with Crippen LogP contribution in [-0.4, -0.2) is 6.03 Å². The molecule has 2 aromatic carbocycles. The van der Waals surface area contributed by atoms with E-state index in [9.17, 15) is 4.79 Å². The number of hydrogen-bond acceptors (Lipinski definition) is 2. The fourth-order valence-electron chi connectivity index (χ4n) is 1.45. The molecule has 2 rings (SSSR count). The lowest BCUT2D eigenvalue weighted by atomic mass is 10.3. The van der Waals surface area contributed by atoms with E-state index >= 15 is 0 Å². The van der Waals surface area contributed by atoms with Crippen LogP contribution in [0.1, 0.15) is 0 Å². The molecule has 0 spiro atoms. The highest BCUT2D eigenvalue weighted by atomic mass is 79.9. The van der Waals surface area contributed by atoms with E-state index in [1.165, 1.54) is 0 Å². The second kappa shape index (κ2) is 6.45. The lowest BCUT2D eigenvalue weighted by Crippen LogP contribution is -2.19. The van der Waals surface area contributed by atoms with Gasteiger partial charge in [-0.15, -0.1) is 12.6 Å². The lowest BCUT2D eigenvalue weighted by Gasteiger charge is -2.10. The number of thiol groups is 1. The summed E-state index contributed by atoms with van der Waals surface area (Å²) in [4.78, 5) is 12.6. The second-order valence-electron chi connectivity index (χ2n) is 3.72. The van der Waals surface area contributed by atoms with E-state index in [0.717, 1.165) is 8.95 Å². The van der Waals surface area contributed by atoms with Gasteiger partial charge in [-0.25, -0.2) is 4.79 Å². The molecule has 0 atom stereocenters. The highest BCUT2D eigenvalue weighted by Gasteiger charge is 2.07. The van der Waals surface area contributed by atoms with E-state index in [4.69, 9.17) is 0 Å². The molecule has 2 aromatic rings. The first-order valence-electron chi connectivity index (χ1n) is 5.37. The zero-order valence-electron chi connectivity index (χ0n) is 9.65. The lowest BCUT2D eigenvalue weighted by molar-refractivity contribution is 0.262. The van der Waals surface area contributed by atoms with Crippen molar-refractivity contribution in [3.63, 3.8) is 0 Å². The third-order valence-electron chi connectivity index (χ3n) is 2.33. The average Bonchev–Trinajstić information content (AvgIpc) is 2.36. The number of hydrogen-bond donors (Lipinski definition) is 3. The van der Waals surface area contributed by atoms with Gasteiger partial charge in [0.15, 0.2) is 0 Å². The Balaban J connectivity index is 2.08. The number of rotatable bonds is 2. The Morgan fingerprint density at radius 1 is 1.00 bits per heavy atom. The Labute approximate surface area is 133 Å². The van der Waals surface area contributed by atoms with Gasteiger partial charge < -0.3 is 10.6 Å². The molecule has 0 aliphatic carbocycles. The molecule has 98 valence electrons. The van der Waals surface area contributed by atoms with E-state index < -0.39 is 0 Å². The summed E-state index contributed by atoms with van der Waals surface area (Å²) in [6.07, 6.45) is 0. The zero-order valence-corrected chi connectivity index (χ0v) is 13.7. The van der Waals surface area contributed by atoms with Crippen molar-refractivity contribution in [2.75, 3.05) is 10.6 Å². The van der Waals surface area contributed by atoms with Crippen LogP contribution in [0.2, 0.25) is 0 Å². The minimum absolute atomic E-state index is 0.315. The molecule has 0 aliphatic rings. The third-order valence-corrected chi connectivity index (χ3v) is 3.88. The maximum atomic E-state index is 11.9. The van der Waals surface area contributed by atoms with E-state index in [-0.39, 0.29) is 6.03 Å². The Kier molecular flexibility index (Phi) is 4.90. The first-order valence-corrected chi connectivity index (χ1v) is 7.40. The predicted molar refractivity (Wildman–Crippen MR) is 88.2 cm³/mol. The number of para-hydroxylation sites is 1. The summed E-state index contributed by atoms with van der Waals surface area (Å²) >= 11 is 11.0. The Hall–Kier alpha value is -0.980. The Morgan fingerprint density at radius 2 is 1.68 bits per heavy atom. The van der Waals surface area contributed by atoms with Gasteiger partial charge in [0.2, 0.25) is 0 Å². The highest BCUT2D eigenvalue weighted by Crippen LogP contribution is 2.25. The molecule has 0 heterocycles. The van der Waals surface area contributed by atoms with Gasteiger partial charge >= 0.3 is 6.03 Å². The number of carbonyl (C=O) groups is 1. The normalized spacial score (nSPS) is 10.1. The van der Waals surface area contributed by atoms with Gasteiger partial charge in [-0.05, 0) is 46.3 Å². The van der Waals surface area contributed by atoms with E-state index in [1.54, 1.807) is 6.07 Å². The number of benzene rings is 2. The van der Waals surface area contributed by atoms with E-state index in [1.807, 2.05) is 36.4 Å². The average molecular weight is 402 g/mol. The quantitative estimate of drug-likeness (QED) is 0.598. The molecule has 2 amide bonds. The topological polar surface area (TPSA) is 41.1 Å². The molecular weight excluding hydrogens is 392 g/mol. The minimum atomic E-state index is -0.315. The van der Waals surface area contributed by atoms with Crippen LogP contribution in [-0.2, 0) is 0 Å². The van der Waals surface area contributed by atoms with Gasteiger partial charge in [-0.1, -0.05) is 28.1 Å². The number of anilines is 2. The molecule has 0 saturated heterocycles. The summed E-state index contributed by atoms with van der Waals surface area (Å²) < 4.78 is 1.74. The van der Waals surface area contributed by atoms with Crippen LogP contribution in [0.3, 0.4) is 0 Å². The van der Waals surface area contributed by atoms with Crippen molar-refractivity contribution in [1.82, 2.24) is 0 Å². The minimum Gasteiger partial charge on any atom is -0.307 e.